The summed E-state index contributed by atoms with van der Waals surface area (Å²) in [6.45, 7) is 3.79. The van der Waals surface area contributed by atoms with Crippen molar-refractivity contribution in [2.24, 2.45) is 0 Å². The summed E-state index contributed by atoms with van der Waals surface area (Å²) in [5.74, 6) is -1.37. The average molecular weight is 295 g/mol. The number of thiophene rings is 1. The zero-order valence-electron chi connectivity index (χ0n) is 11.0. The number of carbonyl (C=O) groups is 2. The molecule has 0 fully saturated rings. The van der Waals surface area contributed by atoms with Crippen LogP contribution in [0.15, 0.2) is 22.0 Å². The van der Waals surface area contributed by atoms with Crippen LogP contribution in [0.4, 0.5) is 0 Å². The van der Waals surface area contributed by atoms with Gasteiger partial charge in [-0.05, 0) is 25.3 Å². The third-order valence-corrected chi connectivity index (χ3v) is 3.28. The van der Waals surface area contributed by atoms with Gasteiger partial charge in [0.15, 0.2) is 0 Å². The van der Waals surface area contributed by atoms with E-state index in [0.717, 1.165) is 0 Å². The lowest BCUT2D eigenvalue weighted by molar-refractivity contribution is 0.0471. The Bertz CT molecular complexity index is 567. The largest absolute Gasteiger partial charge is 0.461 e. The van der Waals surface area contributed by atoms with Crippen molar-refractivity contribution < 1.29 is 23.6 Å². The Morgan fingerprint density at radius 3 is 2.55 bits per heavy atom. The Kier molecular flexibility index (Phi) is 4.52. The molecule has 2 rings (SSSR count). The molecule has 106 valence electrons. The van der Waals surface area contributed by atoms with E-state index >= 15 is 0 Å². The van der Waals surface area contributed by atoms with Crippen LogP contribution in [0.3, 0.4) is 0 Å². The van der Waals surface area contributed by atoms with Gasteiger partial charge in [-0.3, -0.25) is 0 Å². The molecule has 0 saturated carbocycles. The van der Waals surface area contributed by atoms with E-state index in [4.69, 9.17) is 14.0 Å². The van der Waals surface area contributed by atoms with Crippen LogP contribution >= 0.6 is 11.3 Å². The molecule has 0 bridgehead atoms. The normalized spacial score (nSPS) is 10.3. The summed E-state index contributed by atoms with van der Waals surface area (Å²) in [4.78, 5) is 24.4. The van der Waals surface area contributed by atoms with Crippen molar-refractivity contribution in [3.8, 4) is 10.4 Å². The van der Waals surface area contributed by atoms with Gasteiger partial charge in [-0.1, -0.05) is 11.2 Å². The topological polar surface area (TPSA) is 78.6 Å². The van der Waals surface area contributed by atoms with Crippen molar-refractivity contribution >= 4 is 23.3 Å². The van der Waals surface area contributed by atoms with Crippen molar-refractivity contribution in [2.75, 3.05) is 13.2 Å². The molecule has 0 saturated heterocycles. The lowest BCUT2D eigenvalue weighted by Gasteiger charge is -2.02. The molecular weight excluding hydrogens is 282 g/mol. The highest BCUT2D eigenvalue weighted by atomic mass is 32.1. The van der Waals surface area contributed by atoms with Crippen LogP contribution in [0, 0.1) is 0 Å². The van der Waals surface area contributed by atoms with Crippen molar-refractivity contribution in [2.45, 2.75) is 13.8 Å². The number of carbonyl (C=O) groups excluding carboxylic acids is 2. The zero-order chi connectivity index (χ0) is 14.5. The highest BCUT2D eigenvalue weighted by Gasteiger charge is 2.29. The molecular formula is C13H13NO5S. The Morgan fingerprint density at radius 1 is 1.25 bits per heavy atom. The Morgan fingerprint density at radius 2 is 1.95 bits per heavy atom. The highest BCUT2D eigenvalue weighted by molar-refractivity contribution is 7.13. The number of nitrogens with zero attached hydrogens (tertiary/aromatic N) is 1. The van der Waals surface area contributed by atoms with Gasteiger partial charge in [0, 0.05) is 4.88 Å². The van der Waals surface area contributed by atoms with E-state index in [1.807, 2.05) is 5.38 Å². The summed E-state index contributed by atoms with van der Waals surface area (Å²) in [6.07, 6.45) is 0. The number of ether oxygens (including phenoxy) is 2. The molecule has 0 spiro atoms. The maximum absolute atomic E-state index is 11.9. The van der Waals surface area contributed by atoms with Gasteiger partial charge in [0.25, 0.3) is 5.76 Å². The van der Waals surface area contributed by atoms with E-state index in [9.17, 15) is 9.59 Å². The average Bonchev–Trinajstić information content (AvgIpc) is 3.08. The van der Waals surface area contributed by atoms with Crippen LogP contribution in [0.25, 0.3) is 10.4 Å². The SMILES string of the molecule is CCOC(=O)c1noc(C(=O)OCC)c1-c1cccs1. The highest BCUT2D eigenvalue weighted by Crippen LogP contribution is 2.32. The second kappa shape index (κ2) is 6.33. The molecule has 7 heteroatoms. The van der Waals surface area contributed by atoms with Gasteiger partial charge in [0.05, 0.1) is 18.8 Å². The van der Waals surface area contributed by atoms with Crippen molar-refractivity contribution in [3.05, 3.63) is 29.0 Å². The molecule has 0 radical (unpaired) electrons. The molecule has 0 N–H and O–H groups in total. The van der Waals surface area contributed by atoms with Gasteiger partial charge in [-0.25, -0.2) is 9.59 Å². The second-order valence-electron chi connectivity index (χ2n) is 3.65. The Balaban J connectivity index is 2.49. The first kappa shape index (κ1) is 14.3. The molecule has 0 aliphatic heterocycles. The second-order valence-corrected chi connectivity index (χ2v) is 4.60. The maximum atomic E-state index is 11.9. The molecule has 0 aliphatic carbocycles. The first-order valence-corrected chi connectivity index (χ1v) is 6.94. The van der Waals surface area contributed by atoms with Crippen LogP contribution in [-0.2, 0) is 9.47 Å². The summed E-state index contributed by atoms with van der Waals surface area (Å²) in [7, 11) is 0. The monoisotopic (exact) mass is 295 g/mol. The molecule has 6 nitrogen and oxygen atoms in total. The summed E-state index contributed by atoms with van der Waals surface area (Å²) < 4.78 is 14.8. The summed E-state index contributed by atoms with van der Waals surface area (Å²) >= 11 is 1.36. The molecule has 2 heterocycles. The maximum Gasteiger partial charge on any atom is 0.377 e. The number of esters is 2. The quantitative estimate of drug-likeness (QED) is 0.789. The van der Waals surface area contributed by atoms with Crippen molar-refractivity contribution in [1.29, 1.82) is 0 Å². The lowest BCUT2D eigenvalue weighted by atomic mass is 10.1. The van der Waals surface area contributed by atoms with Gasteiger partial charge in [-0.2, -0.15) is 0 Å². The zero-order valence-corrected chi connectivity index (χ0v) is 11.9. The number of hydrogen-bond acceptors (Lipinski definition) is 7. The molecule has 0 atom stereocenters. The first-order chi connectivity index (χ1) is 9.69. The Hall–Kier alpha value is -2.15. The van der Waals surface area contributed by atoms with Crippen molar-refractivity contribution in [1.82, 2.24) is 5.16 Å². The van der Waals surface area contributed by atoms with Gasteiger partial charge in [0.1, 0.15) is 0 Å². The third-order valence-electron chi connectivity index (χ3n) is 2.39. The predicted molar refractivity (Wildman–Crippen MR) is 71.7 cm³/mol. The summed E-state index contributed by atoms with van der Waals surface area (Å²) in [6, 6.07) is 3.57. The van der Waals surface area contributed by atoms with Crippen LogP contribution in [0.5, 0.6) is 0 Å². The van der Waals surface area contributed by atoms with Crippen molar-refractivity contribution in [3.63, 3.8) is 0 Å². The molecule has 0 aromatic carbocycles. The van der Waals surface area contributed by atoms with E-state index in [1.165, 1.54) is 11.3 Å². The van der Waals surface area contributed by atoms with Crippen LogP contribution in [0.1, 0.15) is 34.9 Å². The summed E-state index contributed by atoms with van der Waals surface area (Å²) in [5.41, 5.74) is 0.300. The molecule has 2 aromatic rings. The van der Waals surface area contributed by atoms with E-state index in [2.05, 4.69) is 5.16 Å². The minimum absolute atomic E-state index is 0.0163. The van der Waals surface area contributed by atoms with E-state index in [1.54, 1.807) is 26.0 Å². The molecule has 0 aliphatic rings. The van der Waals surface area contributed by atoms with E-state index in [-0.39, 0.29) is 24.7 Å². The first-order valence-electron chi connectivity index (χ1n) is 6.06. The molecule has 0 amide bonds. The smallest absolute Gasteiger partial charge is 0.377 e. The fraction of sp³-hybridized carbons (Fsp3) is 0.308. The number of rotatable bonds is 5. The van der Waals surface area contributed by atoms with Crippen LogP contribution in [-0.4, -0.2) is 30.3 Å². The fourth-order valence-corrected chi connectivity index (χ4v) is 2.38. The predicted octanol–water partition coefficient (Wildman–Crippen LogP) is 2.76. The molecule has 2 aromatic heterocycles. The minimum Gasteiger partial charge on any atom is -0.461 e. The molecule has 0 unspecified atom stereocenters. The van der Waals surface area contributed by atoms with Gasteiger partial charge in [0.2, 0.25) is 5.69 Å². The standard InChI is InChI=1S/C13H13NO5S/c1-3-17-12(15)10-9(8-6-5-7-20-8)11(19-14-10)13(16)18-4-2/h5-7H,3-4H2,1-2H3. The van der Waals surface area contributed by atoms with Crippen LogP contribution in [0.2, 0.25) is 0 Å². The lowest BCUT2D eigenvalue weighted by Crippen LogP contribution is -2.08. The van der Waals surface area contributed by atoms with Crippen LogP contribution < -0.4 is 0 Å². The van der Waals surface area contributed by atoms with Gasteiger partial charge < -0.3 is 14.0 Å². The summed E-state index contributed by atoms with van der Waals surface area (Å²) in [5, 5.41) is 5.48. The van der Waals surface area contributed by atoms with E-state index in [0.29, 0.717) is 10.4 Å². The number of aromatic nitrogens is 1. The molecule has 20 heavy (non-hydrogen) atoms. The van der Waals surface area contributed by atoms with Gasteiger partial charge in [-0.15, -0.1) is 11.3 Å². The van der Waals surface area contributed by atoms with E-state index < -0.39 is 11.9 Å². The number of hydrogen-bond donors (Lipinski definition) is 0. The van der Waals surface area contributed by atoms with Gasteiger partial charge >= 0.3 is 11.9 Å². The Labute approximate surface area is 119 Å². The fourth-order valence-electron chi connectivity index (χ4n) is 1.61. The minimum atomic E-state index is -0.654. The third kappa shape index (κ3) is 2.72.